The Bertz CT molecular complexity index is 471. The third-order valence-electron chi connectivity index (χ3n) is 2.11. The Balaban J connectivity index is 2.48. The number of hydrogen-bond donors (Lipinski definition) is 1. The Kier molecular flexibility index (Phi) is 2.69. The van der Waals surface area contributed by atoms with Crippen molar-refractivity contribution in [2.45, 2.75) is 0 Å². The lowest BCUT2D eigenvalue weighted by Gasteiger charge is -2.05. The molecule has 1 heterocycles. The van der Waals surface area contributed by atoms with Crippen LogP contribution < -0.4 is 10.2 Å². The van der Waals surface area contributed by atoms with E-state index in [1.54, 1.807) is 14.2 Å². The molecule has 0 saturated carbocycles. The average Bonchev–Trinajstić information content (AvgIpc) is 2.28. The first kappa shape index (κ1) is 9.73. The summed E-state index contributed by atoms with van der Waals surface area (Å²) in [5.74, 6) is 1.47. The maximum absolute atomic E-state index is 5.13. The summed E-state index contributed by atoms with van der Waals surface area (Å²) in [5, 5.41) is 1.07. The molecule has 0 unspecified atom stereocenters. The van der Waals surface area contributed by atoms with Crippen molar-refractivity contribution in [3.63, 3.8) is 0 Å². The molecule has 2 rings (SSSR count). The first-order valence-corrected chi connectivity index (χ1v) is 4.57. The van der Waals surface area contributed by atoms with Crippen LogP contribution in [0.4, 0.5) is 5.82 Å². The number of ether oxygens (including phenoxy) is 1. The zero-order valence-corrected chi connectivity index (χ0v) is 8.65. The Labute approximate surface area is 87.8 Å². The van der Waals surface area contributed by atoms with Crippen molar-refractivity contribution >= 4 is 16.7 Å². The normalized spacial score (nSPS) is 10.3. The number of methoxy groups -OCH3 is 1. The molecule has 2 aromatic rings. The van der Waals surface area contributed by atoms with Crippen molar-refractivity contribution in [1.82, 2.24) is 4.98 Å². The molecule has 4 heteroatoms. The van der Waals surface area contributed by atoms with E-state index in [9.17, 15) is 0 Å². The topological polar surface area (TPSA) is 43.4 Å². The fourth-order valence-corrected chi connectivity index (χ4v) is 1.39. The van der Waals surface area contributed by atoms with Crippen LogP contribution in [0.1, 0.15) is 0 Å². The summed E-state index contributed by atoms with van der Waals surface area (Å²) < 4.78 is 5.13. The Hall–Kier alpha value is -1.81. The van der Waals surface area contributed by atoms with Crippen molar-refractivity contribution in [1.29, 1.82) is 0 Å². The molecular formula is C11H12N2O2. The number of pyridine rings is 1. The van der Waals surface area contributed by atoms with Crippen molar-refractivity contribution in [3.8, 4) is 5.75 Å². The summed E-state index contributed by atoms with van der Waals surface area (Å²) in [6.07, 6.45) is 0. The molecule has 4 nitrogen and oxygen atoms in total. The van der Waals surface area contributed by atoms with Crippen LogP contribution in [0.2, 0.25) is 0 Å². The van der Waals surface area contributed by atoms with Crippen molar-refractivity contribution in [3.05, 3.63) is 30.3 Å². The molecule has 0 radical (unpaired) electrons. The lowest BCUT2D eigenvalue weighted by atomic mass is 10.2. The average molecular weight is 204 g/mol. The van der Waals surface area contributed by atoms with Gasteiger partial charge in [-0.05, 0) is 24.3 Å². The van der Waals surface area contributed by atoms with Gasteiger partial charge in [0.1, 0.15) is 11.6 Å². The number of nitrogens with one attached hydrogen (secondary N) is 1. The van der Waals surface area contributed by atoms with E-state index < -0.39 is 0 Å². The third-order valence-corrected chi connectivity index (χ3v) is 2.11. The van der Waals surface area contributed by atoms with E-state index in [4.69, 9.17) is 9.57 Å². The van der Waals surface area contributed by atoms with Crippen LogP contribution in [0.3, 0.4) is 0 Å². The molecule has 0 aliphatic heterocycles. The van der Waals surface area contributed by atoms with Crippen molar-refractivity contribution < 1.29 is 9.57 Å². The van der Waals surface area contributed by atoms with Crippen LogP contribution in [0, 0.1) is 0 Å². The highest BCUT2D eigenvalue weighted by Crippen LogP contribution is 2.20. The highest BCUT2D eigenvalue weighted by atomic mass is 16.6. The van der Waals surface area contributed by atoms with E-state index in [2.05, 4.69) is 10.5 Å². The largest absolute Gasteiger partial charge is 0.497 e. The molecule has 78 valence electrons. The lowest BCUT2D eigenvalue weighted by molar-refractivity contribution is 0.269. The molecular weight excluding hydrogens is 192 g/mol. The fourth-order valence-electron chi connectivity index (χ4n) is 1.39. The van der Waals surface area contributed by atoms with Gasteiger partial charge in [0.25, 0.3) is 0 Å². The Morgan fingerprint density at radius 2 is 1.93 bits per heavy atom. The van der Waals surface area contributed by atoms with Gasteiger partial charge in [0.15, 0.2) is 0 Å². The Morgan fingerprint density at radius 1 is 1.13 bits per heavy atom. The van der Waals surface area contributed by atoms with Crippen LogP contribution in [-0.4, -0.2) is 19.2 Å². The van der Waals surface area contributed by atoms with E-state index in [1.807, 2.05) is 30.3 Å². The minimum absolute atomic E-state index is 0.679. The third kappa shape index (κ3) is 1.99. The molecule has 1 aromatic heterocycles. The van der Waals surface area contributed by atoms with E-state index >= 15 is 0 Å². The highest BCUT2D eigenvalue weighted by molar-refractivity contribution is 5.81. The van der Waals surface area contributed by atoms with Gasteiger partial charge in [0.05, 0.1) is 19.7 Å². The van der Waals surface area contributed by atoms with Crippen LogP contribution in [0.15, 0.2) is 30.3 Å². The smallest absolute Gasteiger partial charge is 0.150 e. The first-order chi connectivity index (χ1) is 7.33. The minimum atomic E-state index is 0.679. The maximum atomic E-state index is 5.13. The SMILES string of the molecule is CONc1ccc2ccc(OC)cc2n1. The molecule has 0 aliphatic rings. The zero-order chi connectivity index (χ0) is 10.7. The van der Waals surface area contributed by atoms with E-state index in [-0.39, 0.29) is 0 Å². The second kappa shape index (κ2) is 4.14. The molecule has 0 saturated heterocycles. The maximum Gasteiger partial charge on any atom is 0.150 e. The van der Waals surface area contributed by atoms with Gasteiger partial charge >= 0.3 is 0 Å². The van der Waals surface area contributed by atoms with Gasteiger partial charge in [-0.3, -0.25) is 4.84 Å². The van der Waals surface area contributed by atoms with Gasteiger partial charge in [0, 0.05) is 11.5 Å². The first-order valence-electron chi connectivity index (χ1n) is 4.57. The second-order valence-corrected chi connectivity index (χ2v) is 3.06. The van der Waals surface area contributed by atoms with Gasteiger partial charge in [-0.15, -0.1) is 0 Å². The van der Waals surface area contributed by atoms with Gasteiger partial charge in [-0.2, -0.15) is 0 Å². The molecule has 0 fully saturated rings. The monoisotopic (exact) mass is 204 g/mol. The van der Waals surface area contributed by atoms with Crippen molar-refractivity contribution in [2.75, 3.05) is 19.7 Å². The van der Waals surface area contributed by atoms with Gasteiger partial charge < -0.3 is 4.74 Å². The predicted molar refractivity (Wildman–Crippen MR) is 58.9 cm³/mol. The fraction of sp³-hybridized carbons (Fsp3) is 0.182. The van der Waals surface area contributed by atoms with E-state index in [0.29, 0.717) is 5.82 Å². The number of aromatic nitrogens is 1. The van der Waals surface area contributed by atoms with Crippen LogP contribution >= 0.6 is 0 Å². The van der Waals surface area contributed by atoms with Crippen LogP contribution in [0.25, 0.3) is 10.9 Å². The van der Waals surface area contributed by atoms with Gasteiger partial charge in [-0.1, -0.05) is 0 Å². The standard InChI is InChI=1S/C11H12N2O2/c1-14-9-5-3-8-4-6-11(13-15-2)12-10(8)7-9/h3-7H,1-2H3,(H,12,13). The number of nitrogens with zero attached hydrogens (tertiary/aromatic N) is 1. The van der Waals surface area contributed by atoms with E-state index in [1.165, 1.54) is 0 Å². The summed E-state index contributed by atoms with van der Waals surface area (Å²) in [6, 6.07) is 9.60. The highest BCUT2D eigenvalue weighted by Gasteiger charge is 1.99. The van der Waals surface area contributed by atoms with Crippen LogP contribution in [0.5, 0.6) is 5.75 Å². The summed E-state index contributed by atoms with van der Waals surface area (Å²) in [4.78, 5) is 9.15. The van der Waals surface area contributed by atoms with Crippen molar-refractivity contribution in [2.24, 2.45) is 0 Å². The predicted octanol–water partition coefficient (Wildman–Crippen LogP) is 2.22. The number of benzene rings is 1. The summed E-state index contributed by atoms with van der Waals surface area (Å²) >= 11 is 0. The molecule has 0 spiro atoms. The van der Waals surface area contributed by atoms with Gasteiger partial charge in [0.2, 0.25) is 0 Å². The molecule has 0 bridgehead atoms. The molecule has 0 atom stereocenters. The molecule has 0 aliphatic carbocycles. The van der Waals surface area contributed by atoms with Crippen LogP contribution in [-0.2, 0) is 4.84 Å². The Morgan fingerprint density at radius 3 is 2.67 bits per heavy atom. The second-order valence-electron chi connectivity index (χ2n) is 3.06. The molecule has 15 heavy (non-hydrogen) atoms. The number of fused-ring (bicyclic) bond motifs is 1. The quantitative estimate of drug-likeness (QED) is 0.778. The molecule has 1 aromatic carbocycles. The molecule has 1 N–H and O–H groups in total. The summed E-state index contributed by atoms with van der Waals surface area (Å²) in [5.41, 5.74) is 3.56. The molecule has 0 amide bonds. The summed E-state index contributed by atoms with van der Waals surface area (Å²) in [6.45, 7) is 0. The number of hydrogen-bond acceptors (Lipinski definition) is 4. The zero-order valence-electron chi connectivity index (χ0n) is 8.65. The summed E-state index contributed by atoms with van der Waals surface area (Å²) in [7, 11) is 3.19. The number of rotatable bonds is 3. The van der Waals surface area contributed by atoms with Gasteiger partial charge in [-0.25, -0.2) is 10.5 Å². The minimum Gasteiger partial charge on any atom is -0.497 e. The van der Waals surface area contributed by atoms with E-state index in [0.717, 1.165) is 16.7 Å². The number of anilines is 1. The lowest BCUT2D eigenvalue weighted by Crippen LogP contribution is -1.97.